The van der Waals surface area contributed by atoms with Crippen molar-refractivity contribution in [1.82, 2.24) is 4.90 Å². The molecule has 0 aromatic carbocycles. The van der Waals surface area contributed by atoms with Gasteiger partial charge in [-0.15, -0.1) is 0 Å². The summed E-state index contributed by atoms with van der Waals surface area (Å²) in [6, 6.07) is -2.08. The van der Waals surface area contributed by atoms with Gasteiger partial charge in [-0.25, -0.2) is 14.0 Å². The Balaban J connectivity index is 3.14. The van der Waals surface area contributed by atoms with Gasteiger partial charge in [-0.05, 0) is 20.8 Å². The Labute approximate surface area is 155 Å². The molecule has 0 spiro atoms. The lowest BCUT2D eigenvalue weighted by Gasteiger charge is -2.30. The predicted molar refractivity (Wildman–Crippen MR) is 78.7 cm³/mol. The van der Waals surface area contributed by atoms with Gasteiger partial charge >= 0.3 is 33.6 Å². The fraction of sp³-hybridized carbons (Fsp3) is 0.846. The van der Waals surface area contributed by atoms with E-state index in [-0.39, 0.29) is 0 Å². The van der Waals surface area contributed by atoms with E-state index in [0.29, 0.717) is 4.90 Å². The molecule has 1 heterocycles. The first-order valence-corrected chi connectivity index (χ1v) is 8.97. The molecule has 1 saturated heterocycles. The lowest BCUT2D eigenvalue weighted by Crippen LogP contribution is -2.54. The molecule has 1 aliphatic heterocycles. The molecular formula is C13H17F6NO7S. The third-order valence-electron chi connectivity index (χ3n) is 3.33. The van der Waals surface area contributed by atoms with E-state index in [1.54, 1.807) is 0 Å². The van der Waals surface area contributed by atoms with Crippen LogP contribution in [0.5, 0.6) is 0 Å². The van der Waals surface area contributed by atoms with Crippen LogP contribution in [0, 0.1) is 0 Å². The molecule has 1 rings (SSSR count). The van der Waals surface area contributed by atoms with Gasteiger partial charge in [0.1, 0.15) is 17.8 Å². The van der Waals surface area contributed by atoms with Gasteiger partial charge in [-0.1, -0.05) is 0 Å². The Morgan fingerprint density at radius 2 is 1.64 bits per heavy atom. The van der Waals surface area contributed by atoms with Crippen molar-refractivity contribution < 1.29 is 58.4 Å². The number of hydrogen-bond acceptors (Lipinski definition) is 6. The summed E-state index contributed by atoms with van der Waals surface area (Å²) in [6.45, 7) is 3.40. The minimum absolute atomic E-state index is 0.345. The van der Waals surface area contributed by atoms with Crippen LogP contribution in [0.3, 0.4) is 0 Å². The van der Waals surface area contributed by atoms with E-state index in [4.69, 9.17) is 9.29 Å². The fourth-order valence-corrected chi connectivity index (χ4v) is 2.64. The second kappa shape index (κ2) is 7.57. The van der Waals surface area contributed by atoms with E-state index >= 15 is 0 Å². The summed E-state index contributed by atoms with van der Waals surface area (Å²) in [5.41, 5.74) is -1.13. The molecule has 28 heavy (non-hydrogen) atoms. The summed E-state index contributed by atoms with van der Waals surface area (Å²) in [5.74, 6) is -2.14. The maximum absolute atomic E-state index is 13.6. The van der Waals surface area contributed by atoms with Gasteiger partial charge < -0.3 is 9.47 Å². The largest absolute Gasteiger partial charge is 0.444 e. The van der Waals surface area contributed by atoms with Crippen LogP contribution >= 0.6 is 0 Å². The van der Waals surface area contributed by atoms with Crippen LogP contribution in [0.1, 0.15) is 27.2 Å². The van der Waals surface area contributed by atoms with Crippen LogP contribution in [0.15, 0.2) is 0 Å². The molecule has 164 valence electrons. The number of esters is 1. The van der Waals surface area contributed by atoms with Crippen LogP contribution < -0.4 is 0 Å². The molecule has 8 nitrogen and oxygen atoms in total. The van der Waals surface area contributed by atoms with Crippen molar-refractivity contribution in [3.63, 3.8) is 0 Å². The number of nitrogens with zero attached hydrogens (tertiary/aromatic N) is 1. The highest BCUT2D eigenvalue weighted by molar-refractivity contribution is 7.86. The predicted octanol–water partition coefficient (Wildman–Crippen LogP) is 2.29. The minimum atomic E-state index is -6.63. The molecule has 0 aliphatic carbocycles. The van der Waals surface area contributed by atoms with Gasteiger partial charge in [0.05, 0.1) is 6.54 Å². The summed E-state index contributed by atoms with van der Waals surface area (Å²) in [5, 5.41) is -5.94. The number of amides is 1. The van der Waals surface area contributed by atoms with Gasteiger partial charge in [0.25, 0.3) is 6.10 Å². The van der Waals surface area contributed by atoms with E-state index in [2.05, 4.69) is 4.74 Å². The van der Waals surface area contributed by atoms with Gasteiger partial charge in [-0.2, -0.15) is 30.4 Å². The summed E-state index contributed by atoms with van der Waals surface area (Å²) >= 11 is 0. The van der Waals surface area contributed by atoms with Crippen LogP contribution in [0.4, 0.5) is 31.1 Å². The maximum atomic E-state index is 13.6. The third kappa shape index (κ3) is 5.62. The highest BCUT2D eigenvalue weighted by Gasteiger charge is 2.66. The zero-order valence-electron chi connectivity index (χ0n) is 14.7. The maximum Gasteiger partial charge on any atom is 0.432 e. The molecule has 1 amide bonds. The number of carbonyl (C=O) groups is 2. The second-order valence-corrected chi connectivity index (χ2v) is 8.37. The van der Waals surface area contributed by atoms with Crippen LogP contribution in [-0.4, -0.2) is 71.8 Å². The summed E-state index contributed by atoms with van der Waals surface area (Å²) < 4.78 is 117. The molecular weight excluding hydrogens is 428 g/mol. The summed E-state index contributed by atoms with van der Waals surface area (Å²) in [4.78, 5) is 24.3. The number of ether oxygens (including phenoxy) is 2. The van der Waals surface area contributed by atoms with Crippen molar-refractivity contribution in [3.8, 4) is 0 Å². The second-order valence-electron chi connectivity index (χ2n) is 6.88. The minimum Gasteiger partial charge on any atom is -0.444 e. The first kappa shape index (κ1) is 24.3. The number of likely N-dealkylation sites (tertiary alicyclic amines) is 1. The smallest absolute Gasteiger partial charge is 0.432 e. The van der Waals surface area contributed by atoms with Gasteiger partial charge in [-0.3, -0.25) is 9.45 Å². The first-order chi connectivity index (χ1) is 12.3. The monoisotopic (exact) mass is 445 g/mol. The molecule has 0 aromatic rings. The van der Waals surface area contributed by atoms with E-state index in [0.717, 1.165) is 0 Å². The number of alkyl halides is 6. The zero-order chi connectivity index (χ0) is 22.3. The van der Waals surface area contributed by atoms with E-state index < -0.39 is 70.5 Å². The molecule has 0 saturated carbocycles. The average molecular weight is 445 g/mol. The first-order valence-electron chi connectivity index (χ1n) is 7.53. The SMILES string of the molecule is CC(C)(C)OC(=O)N1CC(F)CC1C(=O)OC(C(F)(F)F)C(F)(F)S(=O)(=O)O. The van der Waals surface area contributed by atoms with Crippen molar-refractivity contribution >= 4 is 22.2 Å². The lowest BCUT2D eigenvalue weighted by molar-refractivity contribution is -0.260. The Kier molecular flexibility index (Phi) is 6.56. The van der Waals surface area contributed by atoms with Gasteiger partial charge in [0.2, 0.25) is 0 Å². The highest BCUT2D eigenvalue weighted by Crippen LogP contribution is 2.39. The molecule has 15 heteroatoms. The summed E-state index contributed by atoms with van der Waals surface area (Å²) in [6.07, 6.45) is -14.8. The number of hydrogen-bond donors (Lipinski definition) is 1. The number of carbonyl (C=O) groups excluding carboxylic acids is 2. The molecule has 1 aliphatic rings. The highest BCUT2D eigenvalue weighted by atomic mass is 32.2. The van der Waals surface area contributed by atoms with Crippen LogP contribution in [0.2, 0.25) is 0 Å². The van der Waals surface area contributed by atoms with Crippen molar-refractivity contribution in [2.75, 3.05) is 6.54 Å². The topological polar surface area (TPSA) is 110 Å². The van der Waals surface area contributed by atoms with Crippen molar-refractivity contribution in [1.29, 1.82) is 0 Å². The molecule has 1 N–H and O–H groups in total. The Bertz CT molecular complexity index is 718. The molecule has 0 bridgehead atoms. The van der Waals surface area contributed by atoms with E-state index in [1.165, 1.54) is 20.8 Å². The molecule has 1 fully saturated rings. The number of halogens is 6. The lowest BCUT2D eigenvalue weighted by atomic mass is 10.2. The number of rotatable bonds is 4. The quantitative estimate of drug-likeness (QED) is 0.402. The zero-order valence-corrected chi connectivity index (χ0v) is 15.5. The van der Waals surface area contributed by atoms with Gasteiger partial charge in [0.15, 0.2) is 0 Å². The Hall–Kier alpha value is -1.77. The fourth-order valence-electron chi connectivity index (χ4n) is 2.19. The molecule has 0 radical (unpaired) electrons. The standard InChI is InChI=1S/C13H17F6NO7S/c1-11(2,3)27-10(22)20-5-6(14)4-7(20)8(21)26-9(12(15,16)17)13(18,19)28(23,24)25/h6-7,9H,4-5H2,1-3H3,(H,23,24,25). The molecule has 3 atom stereocenters. The average Bonchev–Trinajstić information content (AvgIpc) is 2.82. The van der Waals surface area contributed by atoms with Crippen molar-refractivity contribution in [2.24, 2.45) is 0 Å². The van der Waals surface area contributed by atoms with E-state index in [1.807, 2.05) is 0 Å². The van der Waals surface area contributed by atoms with E-state index in [9.17, 15) is 44.3 Å². The molecule has 0 aromatic heterocycles. The normalized spacial score (nSPS) is 22.7. The Morgan fingerprint density at radius 1 is 1.14 bits per heavy atom. The Morgan fingerprint density at radius 3 is 2.04 bits per heavy atom. The van der Waals surface area contributed by atoms with Crippen molar-refractivity contribution in [2.45, 2.75) is 62.5 Å². The third-order valence-corrected chi connectivity index (χ3v) is 4.23. The van der Waals surface area contributed by atoms with Crippen molar-refractivity contribution in [3.05, 3.63) is 0 Å². The van der Waals surface area contributed by atoms with Gasteiger partial charge in [0, 0.05) is 6.42 Å². The molecule has 3 unspecified atom stereocenters. The van der Waals surface area contributed by atoms with Crippen LogP contribution in [-0.2, 0) is 24.4 Å². The van der Waals surface area contributed by atoms with Crippen LogP contribution in [0.25, 0.3) is 0 Å². The summed E-state index contributed by atoms with van der Waals surface area (Å²) in [7, 11) is -6.63.